The summed E-state index contributed by atoms with van der Waals surface area (Å²) < 4.78 is 0. The maximum absolute atomic E-state index is 3.47. The molecule has 0 bridgehead atoms. The summed E-state index contributed by atoms with van der Waals surface area (Å²) in [4.78, 5) is 0. The van der Waals surface area contributed by atoms with Gasteiger partial charge in [-0.05, 0) is 30.9 Å². The van der Waals surface area contributed by atoms with Crippen molar-refractivity contribution in [3.8, 4) is 0 Å². The minimum Gasteiger partial charge on any atom is -0.316 e. The third kappa shape index (κ3) is 3.64. The van der Waals surface area contributed by atoms with Gasteiger partial charge in [0.05, 0.1) is 0 Å². The van der Waals surface area contributed by atoms with Crippen LogP contribution in [0.4, 0.5) is 0 Å². The van der Waals surface area contributed by atoms with Gasteiger partial charge in [-0.3, -0.25) is 0 Å². The fourth-order valence-corrected chi connectivity index (χ4v) is 2.56. The van der Waals surface area contributed by atoms with Crippen LogP contribution in [0.25, 0.3) is 0 Å². The van der Waals surface area contributed by atoms with Crippen LogP contribution in [0.5, 0.6) is 0 Å². The predicted octanol–water partition coefficient (Wildman–Crippen LogP) is 3.50. The minimum atomic E-state index is 0.616. The van der Waals surface area contributed by atoms with Crippen molar-refractivity contribution >= 4 is 0 Å². The molecular formula is C15H25N. The van der Waals surface area contributed by atoms with Crippen LogP contribution in [0.1, 0.15) is 32.8 Å². The third-order valence-electron chi connectivity index (χ3n) is 3.42. The van der Waals surface area contributed by atoms with Crippen molar-refractivity contribution in [2.45, 2.75) is 39.7 Å². The Balaban J connectivity index is 2.68. The van der Waals surface area contributed by atoms with Crippen molar-refractivity contribution in [3.05, 3.63) is 35.9 Å². The normalized spacial score (nSPS) is 15.1. The van der Waals surface area contributed by atoms with E-state index in [2.05, 4.69) is 63.5 Å². The molecular weight excluding hydrogens is 194 g/mol. The Morgan fingerprint density at radius 1 is 1.12 bits per heavy atom. The second-order valence-corrected chi connectivity index (χ2v) is 4.92. The molecule has 2 unspecified atom stereocenters. The molecule has 0 amide bonds. The summed E-state index contributed by atoms with van der Waals surface area (Å²) in [6, 6.07) is 11.4. The van der Waals surface area contributed by atoms with Gasteiger partial charge in [0.1, 0.15) is 0 Å². The van der Waals surface area contributed by atoms with E-state index in [0.717, 1.165) is 5.92 Å². The number of benzene rings is 1. The summed E-state index contributed by atoms with van der Waals surface area (Å²) in [6.45, 7) is 6.89. The van der Waals surface area contributed by atoms with Gasteiger partial charge in [0.2, 0.25) is 0 Å². The van der Waals surface area contributed by atoms with Crippen molar-refractivity contribution in [2.75, 3.05) is 7.05 Å². The van der Waals surface area contributed by atoms with Crippen LogP contribution >= 0.6 is 0 Å². The zero-order chi connectivity index (χ0) is 12.0. The highest BCUT2D eigenvalue weighted by Gasteiger charge is 2.21. The van der Waals surface area contributed by atoms with Crippen LogP contribution in [-0.2, 0) is 6.42 Å². The summed E-state index contributed by atoms with van der Waals surface area (Å²) in [5, 5.41) is 3.47. The molecule has 1 aromatic rings. The van der Waals surface area contributed by atoms with E-state index in [1.54, 1.807) is 0 Å². The number of rotatable bonds is 6. The van der Waals surface area contributed by atoms with E-state index in [1.807, 2.05) is 0 Å². The number of hydrogen-bond donors (Lipinski definition) is 1. The van der Waals surface area contributed by atoms with E-state index in [4.69, 9.17) is 0 Å². The first-order valence-corrected chi connectivity index (χ1v) is 6.40. The van der Waals surface area contributed by atoms with Crippen LogP contribution in [0, 0.1) is 11.8 Å². The molecule has 16 heavy (non-hydrogen) atoms. The highest BCUT2D eigenvalue weighted by molar-refractivity contribution is 5.15. The first kappa shape index (κ1) is 13.2. The maximum Gasteiger partial charge on any atom is 0.0118 e. The van der Waals surface area contributed by atoms with Gasteiger partial charge in [-0.1, -0.05) is 57.5 Å². The van der Waals surface area contributed by atoms with Gasteiger partial charge < -0.3 is 5.32 Å². The number of hydrogen-bond acceptors (Lipinski definition) is 1. The van der Waals surface area contributed by atoms with Crippen LogP contribution in [0.3, 0.4) is 0 Å². The smallest absolute Gasteiger partial charge is 0.0118 e. The van der Waals surface area contributed by atoms with E-state index in [9.17, 15) is 0 Å². The Bertz CT molecular complexity index is 279. The van der Waals surface area contributed by atoms with Crippen LogP contribution in [0.2, 0.25) is 0 Å². The van der Waals surface area contributed by atoms with Crippen LogP contribution < -0.4 is 5.32 Å². The SMILES string of the molecule is CCC(Cc1ccccc1)C(NC)C(C)C. The van der Waals surface area contributed by atoms with E-state index in [1.165, 1.54) is 18.4 Å². The van der Waals surface area contributed by atoms with Crippen molar-refractivity contribution in [3.63, 3.8) is 0 Å². The molecule has 0 saturated heterocycles. The van der Waals surface area contributed by atoms with Gasteiger partial charge >= 0.3 is 0 Å². The number of nitrogens with one attached hydrogen (secondary N) is 1. The molecule has 1 heteroatoms. The highest BCUT2D eigenvalue weighted by Crippen LogP contribution is 2.20. The zero-order valence-corrected chi connectivity index (χ0v) is 11.0. The fraction of sp³-hybridized carbons (Fsp3) is 0.600. The molecule has 1 rings (SSSR count). The predicted molar refractivity (Wildman–Crippen MR) is 71.6 cm³/mol. The summed E-state index contributed by atoms with van der Waals surface area (Å²) in [5.74, 6) is 1.42. The minimum absolute atomic E-state index is 0.616. The summed E-state index contributed by atoms with van der Waals surface area (Å²) in [7, 11) is 2.08. The molecule has 0 fully saturated rings. The average molecular weight is 219 g/mol. The maximum atomic E-state index is 3.47. The van der Waals surface area contributed by atoms with E-state index >= 15 is 0 Å². The van der Waals surface area contributed by atoms with E-state index in [-0.39, 0.29) is 0 Å². The summed E-state index contributed by atoms with van der Waals surface area (Å²) in [6.07, 6.45) is 2.42. The van der Waals surface area contributed by atoms with Crippen molar-refractivity contribution in [1.82, 2.24) is 5.32 Å². The molecule has 0 aromatic heterocycles. The molecule has 0 aliphatic rings. The van der Waals surface area contributed by atoms with Gasteiger partial charge in [-0.25, -0.2) is 0 Å². The third-order valence-corrected chi connectivity index (χ3v) is 3.42. The summed E-state index contributed by atoms with van der Waals surface area (Å²) in [5.41, 5.74) is 1.45. The molecule has 1 aromatic carbocycles. The monoisotopic (exact) mass is 219 g/mol. The fourth-order valence-electron chi connectivity index (χ4n) is 2.56. The highest BCUT2D eigenvalue weighted by atomic mass is 14.9. The first-order valence-electron chi connectivity index (χ1n) is 6.40. The Hall–Kier alpha value is -0.820. The van der Waals surface area contributed by atoms with Gasteiger partial charge in [-0.15, -0.1) is 0 Å². The lowest BCUT2D eigenvalue weighted by atomic mass is 9.84. The topological polar surface area (TPSA) is 12.0 Å². The largest absolute Gasteiger partial charge is 0.316 e. The molecule has 0 saturated carbocycles. The Labute approximate surface area is 100 Å². The Morgan fingerprint density at radius 3 is 2.19 bits per heavy atom. The van der Waals surface area contributed by atoms with E-state index < -0.39 is 0 Å². The van der Waals surface area contributed by atoms with Crippen molar-refractivity contribution in [2.24, 2.45) is 11.8 Å². The molecule has 0 radical (unpaired) electrons. The molecule has 0 aliphatic carbocycles. The zero-order valence-electron chi connectivity index (χ0n) is 11.0. The Kier molecular flexibility index (Phi) is 5.54. The second-order valence-electron chi connectivity index (χ2n) is 4.92. The van der Waals surface area contributed by atoms with E-state index in [0.29, 0.717) is 12.0 Å². The lowest BCUT2D eigenvalue weighted by Gasteiger charge is -2.29. The van der Waals surface area contributed by atoms with Crippen LogP contribution in [-0.4, -0.2) is 13.1 Å². The molecule has 0 spiro atoms. The van der Waals surface area contributed by atoms with Gasteiger partial charge in [0.25, 0.3) is 0 Å². The first-order chi connectivity index (χ1) is 7.69. The van der Waals surface area contributed by atoms with Crippen molar-refractivity contribution in [1.29, 1.82) is 0 Å². The molecule has 1 N–H and O–H groups in total. The molecule has 0 heterocycles. The quantitative estimate of drug-likeness (QED) is 0.772. The van der Waals surface area contributed by atoms with Crippen molar-refractivity contribution < 1.29 is 0 Å². The lowest BCUT2D eigenvalue weighted by Crippen LogP contribution is -2.38. The lowest BCUT2D eigenvalue weighted by molar-refractivity contribution is 0.288. The molecule has 2 atom stereocenters. The molecule has 0 aliphatic heterocycles. The van der Waals surface area contributed by atoms with Crippen LogP contribution in [0.15, 0.2) is 30.3 Å². The molecule has 90 valence electrons. The standard InChI is InChI=1S/C15H25N/c1-5-14(15(16-4)12(2)3)11-13-9-7-6-8-10-13/h6-10,12,14-16H,5,11H2,1-4H3. The van der Waals surface area contributed by atoms with Gasteiger partial charge in [0, 0.05) is 6.04 Å². The van der Waals surface area contributed by atoms with Gasteiger partial charge in [-0.2, -0.15) is 0 Å². The van der Waals surface area contributed by atoms with Gasteiger partial charge in [0.15, 0.2) is 0 Å². The average Bonchev–Trinajstić information content (AvgIpc) is 2.29. The summed E-state index contributed by atoms with van der Waals surface area (Å²) >= 11 is 0. The molecule has 1 nitrogen and oxygen atoms in total. The Morgan fingerprint density at radius 2 is 1.75 bits per heavy atom. The second kappa shape index (κ2) is 6.70.